The largest absolute Gasteiger partial charge is 0.396 e. The summed E-state index contributed by atoms with van der Waals surface area (Å²) in [5, 5.41) is 13.8. The van der Waals surface area contributed by atoms with Gasteiger partial charge in [-0.3, -0.25) is 4.79 Å². The molecule has 0 unspecified atom stereocenters. The second kappa shape index (κ2) is 6.66. The van der Waals surface area contributed by atoms with E-state index < -0.39 is 0 Å². The molecule has 1 aliphatic carbocycles. The van der Waals surface area contributed by atoms with Gasteiger partial charge in [-0.05, 0) is 31.7 Å². The Labute approximate surface area is 135 Å². The molecule has 0 spiro atoms. The van der Waals surface area contributed by atoms with Crippen molar-refractivity contribution >= 4 is 17.0 Å². The summed E-state index contributed by atoms with van der Waals surface area (Å²) in [4.78, 5) is 19.1. The number of amides is 1. The number of nitrogens with zero attached hydrogens (tertiary/aromatic N) is 3. The van der Waals surface area contributed by atoms with Crippen molar-refractivity contribution < 1.29 is 14.4 Å². The maximum Gasteiger partial charge on any atom is 0.259 e. The van der Waals surface area contributed by atoms with Gasteiger partial charge in [0, 0.05) is 31.8 Å². The molecular weight excluding hydrogens is 294 g/mol. The van der Waals surface area contributed by atoms with Crippen LogP contribution < -0.4 is 0 Å². The van der Waals surface area contributed by atoms with Gasteiger partial charge in [0.25, 0.3) is 11.6 Å². The lowest BCUT2D eigenvalue weighted by Crippen LogP contribution is -2.28. The van der Waals surface area contributed by atoms with E-state index in [1.807, 2.05) is 6.07 Å². The number of aromatic nitrogens is 2. The lowest BCUT2D eigenvalue weighted by atomic mass is 10.0. The van der Waals surface area contributed by atoms with Crippen molar-refractivity contribution in [1.82, 2.24) is 15.0 Å². The van der Waals surface area contributed by atoms with E-state index in [4.69, 9.17) is 9.63 Å². The summed E-state index contributed by atoms with van der Waals surface area (Å²) in [6, 6.07) is 1.91. The molecule has 1 amide bonds. The van der Waals surface area contributed by atoms with Gasteiger partial charge in [0.2, 0.25) is 0 Å². The molecule has 1 N–H and O–H groups in total. The van der Waals surface area contributed by atoms with Crippen LogP contribution in [0.5, 0.6) is 0 Å². The number of aryl methyl sites for hydroxylation is 1. The fraction of sp³-hybridized carbons (Fsp3) is 0.588. The van der Waals surface area contributed by atoms with Gasteiger partial charge >= 0.3 is 0 Å². The van der Waals surface area contributed by atoms with E-state index in [0.717, 1.165) is 42.5 Å². The highest BCUT2D eigenvalue weighted by molar-refractivity contribution is 6.06. The van der Waals surface area contributed by atoms with Crippen LogP contribution in [0.3, 0.4) is 0 Å². The van der Waals surface area contributed by atoms with Gasteiger partial charge in [0.05, 0.1) is 16.6 Å². The summed E-state index contributed by atoms with van der Waals surface area (Å²) in [5.74, 6) is 0.377. The van der Waals surface area contributed by atoms with E-state index in [1.54, 1.807) is 11.9 Å². The van der Waals surface area contributed by atoms with Gasteiger partial charge in [-0.25, -0.2) is 4.98 Å². The number of carbonyl (C=O) groups excluding carboxylic acids is 1. The third-order valence-corrected chi connectivity index (χ3v) is 4.25. The Morgan fingerprint density at radius 3 is 2.91 bits per heavy atom. The Morgan fingerprint density at radius 1 is 1.48 bits per heavy atom. The zero-order chi connectivity index (χ0) is 16.4. The van der Waals surface area contributed by atoms with Gasteiger partial charge in [-0.1, -0.05) is 18.5 Å². The second-order valence-electron chi connectivity index (χ2n) is 6.23. The third kappa shape index (κ3) is 3.22. The van der Waals surface area contributed by atoms with E-state index in [2.05, 4.69) is 17.1 Å². The van der Waals surface area contributed by atoms with Crippen LogP contribution in [0.4, 0.5) is 0 Å². The average molecular weight is 317 g/mol. The van der Waals surface area contributed by atoms with Crippen LogP contribution in [0.15, 0.2) is 10.6 Å². The van der Waals surface area contributed by atoms with Crippen molar-refractivity contribution in [2.45, 2.75) is 44.9 Å². The molecule has 0 atom stereocenters. The van der Waals surface area contributed by atoms with Crippen LogP contribution in [0, 0.1) is 0 Å². The van der Waals surface area contributed by atoms with Gasteiger partial charge < -0.3 is 14.5 Å². The second-order valence-corrected chi connectivity index (χ2v) is 6.23. The van der Waals surface area contributed by atoms with Crippen molar-refractivity contribution in [2.75, 3.05) is 20.2 Å². The predicted molar refractivity (Wildman–Crippen MR) is 86.4 cm³/mol. The zero-order valence-electron chi connectivity index (χ0n) is 13.7. The minimum absolute atomic E-state index is 0.0618. The summed E-state index contributed by atoms with van der Waals surface area (Å²) in [6.07, 6.45) is 4.49. The Balaban J connectivity index is 2.04. The molecule has 0 aliphatic heterocycles. The minimum Gasteiger partial charge on any atom is -0.396 e. The fourth-order valence-corrected chi connectivity index (χ4v) is 2.81. The summed E-state index contributed by atoms with van der Waals surface area (Å²) >= 11 is 0. The van der Waals surface area contributed by atoms with Crippen LogP contribution in [-0.2, 0) is 6.42 Å². The Kier molecular flexibility index (Phi) is 4.61. The zero-order valence-corrected chi connectivity index (χ0v) is 13.7. The third-order valence-electron chi connectivity index (χ3n) is 4.25. The number of pyridine rings is 1. The number of carbonyl (C=O) groups is 1. The molecule has 23 heavy (non-hydrogen) atoms. The predicted octanol–water partition coefficient (Wildman–Crippen LogP) is 2.51. The molecule has 6 heteroatoms. The molecule has 0 radical (unpaired) electrons. The van der Waals surface area contributed by atoms with Crippen LogP contribution >= 0.6 is 0 Å². The maximum atomic E-state index is 12.9. The molecule has 0 bridgehead atoms. The monoisotopic (exact) mass is 317 g/mol. The Morgan fingerprint density at radius 2 is 2.26 bits per heavy atom. The number of aliphatic hydroxyl groups is 1. The van der Waals surface area contributed by atoms with Crippen molar-refractivity contribution in [2.24, 2.45) is 0 Å². The SMILES string of the molecule is CCCc1noc2nc(C3CC3)cc(C(=O)N(C)CCCO)c12. The van der Waals surface area contributed by atoms with E-state index in [1.165, 1.54) is 0 Å². The Hall–Kier alpha value is -1.95. The fourth-order valence-electron chi connectivity index (χ4n) is 2.81. The average Bonchev–Trinajstić information content (AvgIpc) is 3.34. The number of fused-ring (bicyclic) bond motifs is 1. The van der Waals surface area contributed by atoms with Crippen LogP contribution in [0.1, 0.15) is 60.3 Å². The van der Waals surface area contributed by atoms with Crippen LogP contribution in [-0.4, -0.2) is 46.3 Å². The first-order chi connectivity index (χ1) is 11.2. The van der Waals surface area contributed by atoms with Crippen LogP contribution in [0.25, 0.3) is 11.1 Å². The van der Waals surface area contributed by atoms with Gasteiger partial charge in [-0.15, -0.1) is 0 Å². The number of hydrogen-bond acceptors (Lipinski definition) is 5. The van der Waals surface area contributed by atoms with Crippen molar-refractivity contribution in [3.05, 3.63) is 23.0 Å². The number of hydrogen-bond donors (Lipinski definition) is 1. The van der Waals surface area contributed by atoms with Crippen molar-refractivity contribution in [1.29, 1.82) is 0 Å². The molecule has 1 saturated carbocycles. The first-order valence-corrected chi connectivity index (χ1v) is 8.31. The van der Waals surface area contributed by atoms with Crippen molar-refractivity contribution in [3.8, 4) is 0 Å². The minimum atomic E-state index is -0.0618. The number of rotatable bonds is 7. The number of aliphatic hydroxyl groups excluding tert-OH is 1. The molecule has 2 heterocycles. The highest BCUT2D eigenvalue weighted by Gasteiger charge is 2.29. The summed E-state index contributed by atoms with van der Waals surface area (Å²) in [6.45, 7) is 2.67. The Bertz CT molecular complexity index is 706. The quantitative estimate of drug-likeness (QED) is 0.849. The summed E-state index contributed by atoms with van der Waals surface area (Å²) in [7, 11) is 1.76. The van der Waals surface area contributed by atoms with Crippen LogP contribution in [0.2, 0.25) is 0 Å². The van der Waals surface area contributed by atoms with Gasteiger partial charge in [0.15, 0.2) is 0 Å². The molecule has 1 fully saturated rings. The van der Waals surface area contributed by atoms with Crippen molar-refractivity contribution in [3.63, 3.8) is 0 Å². The lowest BCUT2D eigenvalue weighted by molar-refractivity contribution is 0.0788. The standard InChI is InChI=1S/C17H23N3O3/c1-3-5-13-15-12(17(22)20(2)8-4-9-21)10-14(11-6-7-11)18-16(15)23-19-13/h10-11,21H,3-9H2,1-2H3. The molecule has 1 aliphatic rings. The molecular formula is C17H23N3O3. The van der Waals surface area contributed by atoms with E-state index in [0.29, 0.717) is 30.2 Å². The highest BCUT2D eigenvalue weighted by Crippen LogP contribution is 2.40. The lowest BCUT2D eigenvalue weighted by Gasteiger charge is -2.17. The topological polar surface area (TPSA) is 79.5 Å². The summed E-state index contributed by atoms with van der Waals surface area (Å²) < 4.78 is 5.40. The highest BCUT2D eigenvalue weighted by atomic mass is 16.5. The normalized spacial score (nSPS) is 14.4. The van der Waals surface area contributed by atoms with E-state index >= 15 is 0 Å². The molecule has 124 valence electrons. The molecule has 0 aromatic carbocycles. The van der Waals surface area contributed by atoms with Gasteiger partial charge in [0.1, 0.15) is 0 Å². The molecule has 6 nitrogen and oxygen atoms in total. The first kappa shape index (κ1) is 15.9. The molecule has 2 aromatic heterocycles. The smallest absolute Gasteiger partial charge is 0.259 e. The molecule has 0 saturated heterocycles. The van der Waals surface area contributed by atoms with E-state index in [-0.39, 0.29) is 12.5 Å². The molecule has 3 rings (SSSR count). The van der Waals surface area contributed by atoms with Gasteiger partial charge in [-0.2, -0.15) is 0 Å². The molecule has 2 aromatic rings. The van der Waals surface area contributed by atoms with E-state index in [9.17, 15) is 4.79 Å². The first-order valence-electron chi connectivity index (χ1n) is 8.31. The maximum absolute atomic E-state index is 12.9. The summed E-state index contributed by atoms with van der Waals surface area (Å²) in [5.41, 5.74) is 2.82.